The first-order valence-corrected chi connectivity index (χ1v) is 5.04. The standard InChI is InChI=1S/C12H14N2O/c1-8(2)12(15)10-7-14(3)11-6-13-5-4-9(10)11/h4-8H,1-3H3. The Bertz CT molecular complexity index is 511. The molecule has 0 saturated heterocycles. The van der Waals surface area contributed by atoms with Gasteiger partial charge in [-0.15, -0.1) is 0 Å². The van der Waals surface area contributed by atoms with Crippen LogP contribution in [0.25, 0.3) is 10.9 Å². The third kappa shape index (κ3) is 1.54. The molecule has 0 saturated carbocycles. The highest BCUT2D eigenvalue weighted by Crippen LogP contribution is 2.21. The van der Waals surface area contributed by atoms with Crippen LogP contribution in [0.3, 0.4) is 0 Å². The predicted molar refractivity (Wildman–Crippen MR) is 59.9 cm³/mol. The Morgan fingerprint density at radius 1 is 1.47 bits per heavy atom. The topological polar surface area (TPSA) is 34.9 Å². The van der Waals surface area contributed by atoms with E-state index in [0.717, 1.165) is 16.5 Å². The molecule has 0 fully saturated rings. The lowest BCUT2D eigenvalue weighted by molar-refractivity contribution is 0.0941. The second kappa shape index (κ2) is 3.50. The minimum absolute atomic E-state index is 0.0313. The summed E-state index contributed by atoms with van der Waals surface area (Å²) >= 11 is 0. The number of fused-ring (bicyclic) bond motifs is 1. The maximum atomic E-state index is 11.9. The average molecular weight is 202 g/mol. The van der Waals surface area contributed by atoms with Crippen LogP contribution in [0.5, 0.6) is 0 Å². The number of ketones is 1. The molecular weight excluding hydrogens is 188 g/mol. The minimum atomic E-state index is 0.0313. The number of Topliss-reactive ketones (excluding diaryl/α,β-unsaturated/α-hetero) is 1. The molecule has 78 valence electrons. The molecule has 0 radical (unpaired) electrons. The number of carbonyl (C=O) groups is 1. The first-order chi connectivity index (χ1) is 7.11. The van der Waals surface area contributed by atoms with Gasteiger partial charge in [-0.05, 0) is 6.07 Å². The van der Waals surface area contributed by atoms with Crippen molar-refractivity contribution in [2.75, 3.05) is 0 Å². The normalized spacial score (nSPS) is 11.2. The molecule has 0 atom stereocenters. The first-order valence-electron chi connectivity index (χ1n) is 5.04. The molecule has 3 heteroatoms. The summed E-state index contributed by atoms with van der Waals surface area (Å²) in [6.07, 6.45) is 5.39. The Labute approximate surface area is 88.7 Å². The van der Waals surface area contributed by atoms with Gasteiger partial charge in [-0.3, -0.25) is 9.78 Å². The van der Waals surface area contributed by atoms with Crippen LogP contribution in [0.1, 0.15) is 24.2 Å². The van der Waals surface area contributed by atoms with Crippen LogP contribution in [0.4, 0.5) is 0 Å². The summed E-state index contributed by atoms with van der Waals surface area (Å²) in [6.45, 7) is 3.84. The van der Waals surface area contributed by atoms with Crippen molar-refractivity contribution >= 4 is 16.7 Å². The monoisotopic (exact) mass is 202 g/mol. The zero-order valence-corrected chi connectivity index (χ0v) is 9.19. The Morgan fingerprint density at radius 2 is 2.20 bits per heavy atom. The molecule has 0 aliphatic carbocycles. The average Bonchev–Trinajstić information content (AvgIpc) is 2.56. The highest BCUT2D eigenvalue weighted by molar-refractivity contribution is 6.08. The second-order valence-electron chi connectivity index (χ2n) is 4.07. The first kappa shape index (κ1) is 9.90. The summed E-state index contributed by atoms with van der Waals surface area (Å²) < 4.78 is 1.94. The molecule has 3 nitrogen and oxygen atoms in total. The van der Waals surface area contributed by atoms with Crippen LogP contribution in [-0.2, 0) is 7.05 Å². The van der Waals surface area contributed by atoms with Gasteiger partial charge in [-0.25, -0.2) is 0 Å². The number of hydrogen-bond donors (Lipinski definition) is 0. The summed E-state index contributed by atoms with van der Waals surface area (Å²) in [4.78, 5) is 16.0. The molecular formula is C12H14N2O. The summed E-state index contributed by atoms with van der Waals surface area (Å²) in [5.41, 5.74) is 1.80. The van der Waals surface area contributed by atoms with Crippen molar-refractivity contribution in [2.24, 2.45) is 13.0 Å². The molecule has 0 N–H and O–H groups in total. The highest BCUT2D eigenvalue weighted by Gasteiger charge is 2.16. The molecule has 0 aromatic carbocycles. The molecule has 0 aliphatic heterocycles. The van der Waals surface area contributed by atoms with Gasteiger partial charge in [0.25, 0.3) is 0 Å². The lowest BCUT2D eigenvalue weighted by Crippen LogP contribution is -2.06. The zero-order valence-electron chi connectivity index (χ0n) is 9.19. The van der Waals surface area contributed by atoms with Crippen molar-refractivity contribution in [1.29, 1.82) is 0 Å². The Kier molecular flexibility index (Phi) is 2.31. The molecule has 2 heterocycles. The highest BCUT2D eigenvalue weighted by atomic mass is 16.1. The lowest BCUT2D eigenvalue weighted by atomic mass is 10.0. The van der Waals surface area contributed by atoms with Crippen LogP contribution >= 0.6 is 0 Å². The van der Waals surface area contributed by atoms with Gasteiger partial charge in [0.05, 0.1) is 11.7 Å². The van der Waals surface area contributed by atoms with Crippen molar-refractivity contribution in [3.63, 3.8) is 0 Å². The van der Waals surface area contributed by atoms with Crippen LogP contribution in [0.2, 0.25) is 0 Å². The van der Waals surface area contributed by atoms with E-state index in [1.54, 1.807) is 12.4 Å². The van der Waals surface area contributed by atoms with E-state index in [2.05, 4.69) is 4.98 Å². The van der Waals surface area contributed by atoms with E-state index in [1.807, 2.05) is 37.7 Å². The molecule has 0 unspecified atom stereocenters. The number of hydrogen-bond acceptors (Lipinski definition) is 2. The minimum Gasteiger partial charge on any atom is -0.349 e. The number of aryl methyl sites for hydroxylation is 1. The smallest absolute Gasteiger partial charge is 0.167 e. The SMILES string of the molecule is CC(C)C(=O)c1cn(C)c2cnccc12. The van der Waals surface area contributed by atoms with Crippen LogP contribution in [0, 0.1) is 5.92 Å². The fraction of sp³-hybridized carbons (Fsp3) is 0.333. The van der Waals surface area contributed by atoms with Gasteiger partial charge in [0, 0.05) is 36.3 Å². The van der Waals surface area contributed by atoms with Gasteiger partial charge in [0.15, 0.2) is 5.78 Å². The van der Waals surface area contributed by atoms with Crippen LogP contribution in [-0.4, -0.2) is 15.3 Å². The molecule has 2 aromatic heterocycles. The van der Waals surface area contributed by atoms with Crippen molar-refractivity contribution < 1.29 is 4.79 Å². The van der Waals surface area contributed by atoms with Gasteiger partial charge < -0.3 is 4.57 Å². The van der Waals surface area contributed by atoms with E-state index in [-0.39, 0.29) is 11.7 Å². The fourth-order valence-electron chi connectivity index (χ4n) is 1.74. The number of aromatic nitrogens is 2. The third-order valence-corrected chi connectivity index (χ3v) is 2.58. The van der Waals surface area contributed by atoms with Gasteiger partial charge in [-0.2, -0.15) is 0 Å². The van der Waals surface area contributed by atoms with Gasteiger partial charge in [0.2, 0.25) is 0 Å². The van der Waals surface area contributed by atoms with Crippen LogP contribution < -0.4 is 0 Å². The Balaban J connectivity index is 2.67. The Morgan fingerprint density at radius 3 is 2.87 bits per heavy atom. The molecule has 15 heavy (non-hydrogen) atoms. The van der Waals surface area contributed by atoms with E-state index in [9.17, 15) is 4.79 Å². The quantitative estimate of drug-likeness (QED) is 0.701. The number of rotatable bonds is 2. The predicted octanol–water partition coefficient (Wildman–Crippen LogP) is 2.41. The second-order valence-corrected chi connectivity index (χ2v) is 4.07. The van der Waals surface area contributed by atoms with E-state index in [0.29, 0.717) is 0 Å². The fourth-order valence-corrected chi connectivity index (χ4v) is 1.74. The summed E-state index contributed by atoms with van der Waals surface area (Å²) in [5.74, 6) is 0.218. The lowest BCUT2D eigenvalue weighted by Gasteiger charge is -2.01. The largest absolute Gasteiger partial charge is 0.349 e. The molecule has 0 amide bonds. The molecule has 0 bridgehead atoms. The van der Waals surface area contributed by atoms with E-state index >= 15 is 0 Å². The molecule has 2 aromatic rings. The van der Waals surface area contributed by atoms with E-state index in [1.165, 1.54) is 0 Å². The molecule has 2 rings (SSSR count). The number of pyridine rings is 1. The summed E-state index contributed by atoms with van der Waals surface area (Å²) in [5, 5.41) is 0.992. The van der Waals surface area contributed by atoms with Gasteiger partial charge in [-0.1, -0.05) is 13.8 Å². The van der Waals surface area contributed by atoms with E-state index < -0.39 is 0 Å². The summed E-state index contributed by atoms with van der Waals surface area (Å²) in [6, 6.07) is 1.89. The number of nitrogens with zero attached hydrogens (tertiary/aromatic N) is 2. The van der Waals surface area contributed by atoms with E-state index in [4.69, 9.17) is 0 Å². The number of carbonyl (C=O) groups excluding carboxylic acids is 1. The molecule has 0 aliphatic rings. The van der Waals surface area contributed by atoms with Crippen LogP contribution in [0.15, 0.2) is 24.7 Å². The maximum absolute atomic E-state index is 11.9. The van der Waals surface area contributed by atoms with Crippen molar-refractivity contribution in [2.45, 2.75) is 13.8 Å². The third-order valence-electron chi connectivity index (χ3n) is 2.58. The van der Waals surface area contributed by atoms with Crippen molar-refractivity contribution in [3.05, 3.63) is 30.2 Å². The molecule has 0 spiro atoms. The van der Waals surface area contributed by atoms with Gasteiger partial charge in [0.1, 0.15) is 0 Å². The van der Waals surface area contributed by atoms with Gasteiger partial charge >= 0.3 is 0 Å². The van der Waals surface area contributed by atoms with Crippen molar-refractivity contribution in [3.8, 4) is 0 Å². The Hall–Kier alpha value is -1.64. The zero-order chi connectivity index (χ0) is 11.0. The summed E-state index contributed by atoms with van der Waals surface area (Å²) in [7, 11) is 1.93. The maximum Gasteiger partial charge on any atom is 0.167 e. The van der Waals surface area contributed by atoms with Crippen molar-refractivity contribution in [1.82, 2.24) is 9.55 Å².